The molecule has 1 aliphatic heterocycles. The van der Waals surface area contributed by atoms with Crippen molar-refractivity contribution in [2.75, 3.05) is 24.6 Å². The Bertz CT molecular complexity index is 1280. The van der Waals surface area contributed by atoms with Crippen molar-refractivity contribution in [2.45, 2.75) is 58.5 Å². The van der Waals surface area contributed by atoms with E-state index in [1.54, 1.807) is 12.1 Å². The molecule has 6 nitrogen and oxygen atoms in total. The van der Waals surface area contributed by atoms with E-state index in [0.29, 0.717) is 41.1 Å². The lowest BCUT2D eigenvalue weighted by molar-refractivity contribution is -0.136. The molecule has 7 heteroatoms. The van der Waals surface area contributed by atoms with Gasteiger partial charge in [-0.05, 0) is 73.4 Å². The van der Waals surface area contributed by atoms with E-state index >= 15 is 0 Å². The van der Waals surface area contributed by atoms with Crippen LogP contribution >= 0.6 is 0 Å². The molecular formula is C31H35FN2O4. The molecule has 200 valence electrons. The molecule has 1 spiro atoms. The second kappa shape index (κ2) is 11.1. The number of pyridine rings is 1. The number of aliphatic hydroxyl groups excluding tert-OH is 1. The van der Waals surface area contributed by atoms with Gasteiger partial charge < -0.3 is 19.8 Å². The van der Waals surface area contributed by atoms with E-state index in [-0.39, 0.29) is 18.8 Å². The van der Waals surface area contributed by atoms with Crippen LogP contribution in [0.15, 0.2) is 48.5 Å². The van der Waals surface area contributed by atoms with E-state index in [1.165, 1.54) is 31.4 Å². The maximum atomic E-state index is 13.1. The number of nitrogens with zero attached hydrogens (tertiary/aromatic N) is 2. The molecule has 0 atom stereocenters. The number of aryl methyl sites for hydroxylation is 1. The molecule has 38 heavy (non-hydrogen) atoms. The van der Waals surface area contributed by atoms with Crippen LogP contribution in [0.25, 0.3) is 11.1 Å². The highest BCUT2D eigenvalue weighted by molar-refractivity contribution is 5.86. The highest BCUT2D eigenvalue weighted by Gasteiger charge is 2.40. The first-order valence-corrected chi connectivity index (χ1v) is 13.5. The quantitative estimate of drug-likeness (QED) is 0.378. The number of benzene rings is 2. The Morgan fingerprint density at radius 1 is 1.05 bits per heavy atom. The van der Waals surface area contributed by atoms with Gasteiger partial charge in [-0.1, -0.05) is 30.7 Å². The van der Waals surface area contributed by atoms with Crippen LogP contribution in [0.2, 0.25) is 0 Å². The number of aromatic nitrogens is 1. The Morgan fingerprint density at radius 2 is 1.74 bits per heavy atom. The zero-order valence-electron chi connectivity index (χ0n) is 21.9. The summed E-state index contributed by atoms with van der Waals surface area (Å²) in [7, 11) is 0. The Balaban J connectivity index is 1.42. The second-order valence-electron chi connectivity index (χ2n) is 10.7. The fourth-order valence-corrected chi connectivity index (χ4v) is 5.95. The molecule has 0 amide bonds. The molecule has 0 unspecified atom stereocenters. The molecule has 1 aliphatic carbocycles. The van der Waals surface area contributed by atoms with Crippen molar-refractivity contribution in [1.29, 1.82) is 0 Å². The van der Waals surface area contributed by atoms with E-state index < -0.39 is 5.97 Å². The third-order valence-corrected chi connectivity index (χ3v) is 8.30. The van der Waals surface area contributed by atoms with E-state index in [9.17, 15) is 19.4 Å². The number of carboxylic acid groups (broad SMARTS) is 1. The number of ether oxygens (including phenoxy) is 1. The van der Waals surface area contributed by atoms with Crippen LogP contribution in [0.1, 0.15) is 54.6 Å². The topological polar surface area (TPSA) is 82.9 Å². The number of carboxylic acids is 1. The summed E-state index contributed by atoms with van der Waals surface area (Å²) in [6.45, 7) is 3.81. The summed E-state index contributed by atoms with van der Waals surface area (Å²) < 4.78 is 19.1. The molecule has 2 aliphatic rings. The van der Waals surface area contributed by atoms with Crippen molar-refractivity contribution in [1.82, 2.24) is 4.98 Å². The molecule has 1 saturated heterocycles. The van der Waals surface area contributed by atoms with Crippen molar-refractivity contribution in [3.63, 3.8) is 0 Å². The third-order valence-electron chi connectivity index (χ3n) is 8.30. The number of aliphatic hydroxyl groups is 1. The fourth-order valence-electron chi connectivity index (χ4n) is 5.95. The van der Waals surface area contributed by atoms with Crippen LogP contribution in [0.5, 0.6) is 5.75 Å². The minimum atomic E-state index is -0.892. The molecule has 0 bridgehead atoms. The summed E-state index contributed by atoms with van der Waals surface area (Å²) in [4.78, 5) is 18.8. The maximum Gasteiger partial charge on any atom is 0.307 e. The lowest BCUT2D eigenvalue weighted by Crippen LogP contribution is -2.44. The Kier molecular flexibility index (Phi) is 7.65. The minimum Gasteiger partial charge on any atom is -0.493 e. The van der Waals surface area contributed by atoms with Gasteiger partial charge in [0.15, 0.2) is 0 Å². The minimum absolute atomic E-state index is 0.112. The zero-order chi connectivity index (χ0) is 26.7. The van der Waals surface area contributed by atoms with Crippen molar-refractivity contribution >= 4 is 11.7 Å². The van der Waals surface area contributed by atoms with Gasteiger partial charge in [-0.25, -0.2) is 4.39 Å². The molecule has 2 N–H and O–H groups in total. The first-order chi connectivity index (χ1) is 18.4. The lowest BCUT2D eigenvalue weighted by Gasteiger charge is -2.49. The van der Waals surface area contributed by atoms with E-state index in [4.69, 9.17) is 4.74 Å². The summed E-state index contributed by atoms with van der Waals surface area (Å²) in [5.74, 6) is -0.439. The number of carbonyl (C=O) groups is 1. The molecule has 2 aromatic carbocycles. The SMILES string of the molecule is Cc1nc(CO)c(-c2ccc(OCCc3ccc(F)cc3)cc2)c(N2CCC3(CCC3)CC2)c1CC(=O)O. The fraction of sp³-hybridized carbons (Fsp3) is 0.419. The number of anilines is 1. The summed E-state index contributed by atoms with van der Waals surface area (Å²) in [6, 6.07) is 14.1. The molecule has 2 fully saturated rings. The summed E-state index contributed by atoms with van der Waals surface area (Å²) >= 11 is 0. The smallest absolute Gasteiger partial charge is 0.307 e. The van der Waals surface area contributed by atoms with Crippen LogP contribution in [-0.4, -0.2) is 40.9 Å². The average molecular weight is 519 g/mol. The monoisotopic (exact) mass is 518 g/mol. The van der Waals surface area contributed by atoms with E-state index in [1.807, 2.05) is 31.2 Å². The summed E-state index contributed by atoms with van der Waals surface area (Å²) in [6.07, 6.45) is 6.64. The van der Waals surface area contributed by atoms with Crippen LogP contribution in [0.4, 0.5) is 10.1 Å². The number of rotatable bonds is 9. The molecule has 2 heterocycles. The highest BCUT2D eigenvalue weighted by atomic mass is 19.1. The predicted molar refractivity (Wildman–Crippen MR) is 145 cm³/mol. The summed E-state index contributed by atoms with van der Waals surface area (Å²) in [5.41, 5.74) is 5.95. The van der Waals surface area contributed by atoms with Gasteiger partial charge in [0.05, 0.1) is 31.0 Å². The van der Waals surface area contributed by atoms with Gasteiger partial charge in [-0.15, -0.1) is 0 Å². The van der Waals surface area contributed by atoms with Crippen LogP contribution in [0.3, 0.4) is 0 Å². The van der Waals surface area contributed by atoms with Gasteiger partial charge in [0, 0.05) is 36.3 Å². The van der Waals surface area contributed by atoms with E-state index in [2.05, 4.69) is 9.88 Å². The van der Waals surface area contributed by atoms with Gasteiger partial charge in [0.2, 0.25) is 0 Å². The highest BCUT2D eigenvalue weighted by Crippen LogP contribution is 2.50. The third kappa shape index (κ3) is 5.53. The van der Waals surface area contributed by atoms with Crippen LogP contribution < -0.4 is 9.64 Å². The summed E-state index contributed by atoms with van der Waals surface area (Å²) in [5, 5.41) is 20.0. The van der Waals surface area contributed by atoms with Crippen molar-refractivity contribution in [3.05, 3.63) is 76.9 Å². The van der Waals surface area contributed by atoms with Gasteiger partial charge >= 0.3 is 5.97 Å². The molecule has 0 radical (unpaired) electrons. The van der Waals surface area contributed by atoms with Crippen molar-refractivity contribution < 1.29 is 24.1 Å². The van der Waals surface area contributed by atoms with Crippen molar-refractivity contribution in [2.24, 2.45) is 5.41 Å². The number of aliphatic carboxylic acids is 1. The lowest BCUT2D eigenvalue weighted by atomic mass is 9.63. The number of halogens is 1. The second-order valence-corrected chi connectivity index (χ2v) is 10.7. The van der Waals surface area contributed by atoms with Crippen molar-refractivity contribution in [3.8, 4) is 16.9 Å². The molecule has 5 rings (SSSR count). The Morgan fingerprint density at radius 3 is 2.32 bits per heavy atom. The van der Waals surface area contributed by atoms with E-state index in [0.717, 1.165) is 48.3 Å². The normalized spacial score (nSPS) is 16.3. The van der Waals surface area contributed by atoms with Gasteiger partial charge in [0.1, 0.15) is 11.6 Å². The zero-order valence-corrected chi connectivity index (χ0v) is 21.9. The van der Waals surface area contributed by atoms with Crippen LogP contribution in [-0.2, 0) is 24.2 Å². The first-order valence-electron chi connectivity index (χ1n) is 13.5. The maximum absolute atomic E-state index is 13.1. The molecule has 1 saturated carbocycles. The Labute approximate surface area is 223 Å². The molecule has 3 aromatic rings. The number of hydrogen-bond donors (Lipinski definition) is 2. The molecule has 1 aromatic heterocycles. The number of hydrogen-bond acceptors (Lipinski definition) is 5. The molecular weight excluding hydrogens is 483 g/mol. The number of piperidine rings is 1. The predicted octanol–water partition coefficient (Wildman–Crippen LogP) is 5.71. The average Bonchev–Trinajstić information content (AvgIpc) is 2.90. The largest absolute Gasteiger partial charge is 0.493 e. The standard InChI is InChI=1S/C31H35FN2O4/c1-21-26(19-28(36)37)30(34-16-14-31(15-17-34)12-2-13-31)29(27(20-35)33-21)23-5-9-25(10-6-23)38-18-11-22-3-7-24(32)8-4-22/h3-10,35H,2,11-20H2,1H3,(H,36,37). The Hall–Kier alpha value is -3.45. The van der Waals surface area contributed by atoms with Gasteiger partial charge in [-0.3, -0.25) is 9.78 Å². The van der Waals surface area contributed by atoms with Gasteiger partial charge in [-0.2, -0.15) is 0 Å². The van der Waals surface area contributed by atoms with Crippen LogP contribution in [0, 0.1) is 18.2 Å². The van der Waals surface area contributed by atoms with Gasteiger partial charge in [0.25, 0.3) is 0 Å². The first kappa shape index (κ1) is 26.2.